The highest BCUT2D eigenvalue weighted by atomic mass is 79.9. The minimum atomic E-state index is 0.559. The van der Waals surface area contributed by atoms with E-state index in [1.165, 1.54) is 15.6 Å². The lowest BCUT2D eigenvalue weighted by Gasteiger charge is -2.16. The Labute approximate surface area is 151 Å². The third kappa shape index (κ3) is 4.83. The largest absolute Gasteiger partial charge is 0.496 e. The molecule has 2 rings (SSSR count). The number of ether oxygens (including phenoxy) is 1. The maximum absolute atomic E-state index is 5.28. The molecule has 0 radical (unpaired) electrons. The van der Waals surface area contributed by atoms with E-state index < -0.39 is 0 Å². The van der Waals surface area contributed by atoms with Crippen LogP contribution in [0.25, 0.3) is 0 Å². The number of halogens is 3. The van der Waals surface area contributed by atoms with Crippen LogP contribution in [0.15, 0.2) is 51.4 Å². The Bertz CT molecular complexity index is 598. The van der Waals surface area contributed by atoms with Crippen LogP contribution in [0, 0.1) is 5.92 Å². The second-order valence-electron chi connectivity index (χ2n) is 4.99. The van der Waals surface area contributed by atoms with Gasteiger partial charge in [0, 0.05) is 9.80 Å². The van der Waals surface area contributed by atoms with Crippen LogP contribution in [0.2, 0.25) is 0 Å². The Kier molecular flexibility index (Phi) is 6.77. The summed E-state index contributed by atoms with van der Waals surface area (Å²) in [5, 5.41) is 0.984. The number of methoxy groups -OCH3 is 1. The van der Waals surface area contributed by atoms with Crippen molar-refractivity contribution in [1.82, 2.24) is 0 Å². The van der Waals surface area contributed by atoms with Gasteiger partial charge in [0.05, 0.1) is 11.6 Å². The van der Waals surface area contributed by atoms with Crippen molar-refractivity contribution >= 4 is 47.8 Å². The molecule has 0 aliphatic rings. The first-order chi connectivity index (χ1) is 10.1. The standard InChI is InChI=1S/C17H17Br3O/c1-21-17-7-6-12(10-16(17)20)8-13(11-18)9-14-4-2-3-5-15(14)19/h2-7,10,13H,8-9,11H2,1H3. The lowest BCUT2D eigenvalue weighted by atomic mass is 9.94. The van der Waals surface area contributed by atoms with E-state index in [0.717, 1.165) is 28.4 Å². The van der Waals surface area contributed by atoms with Gasteiger partial charge in [-0.1, -0.05) is 56.1 Å². The third-order valence-electron chi connectivity index (χ3n) is 3.43. The van der Waals surface area contributed by atoms with E-state index >= 15 is 0 Å². The molecule has 0 aromatic heterocycles. The second kappa shape index (κ2) is 8.35. The maximum Gasteiger partial charge on any atom is 0.133 e. The molecule has 0 N–H and O–H groups in total. The normalized spacial score (nSPS) is 12.2. The summed E-state index contributed by atoms with van der Waals surface area (Å²) >= 11 is 10.8. The molecule has 112 valence electrons. The molecule has 2 aromatic rings. The van der Waals surface area contributed by atoms with Crippen LogP contribution in [0.3, 0.4) is 0 Å². The predicted molar refractivity (Wildman–Crippen MR) is 99.5 cm³/mol. The molecule has 0 saturated heterocycles. The number of hydrogen-bond donors (Lipinski definition) is 0. The van der Waals surface area contributed by atoms with Crippen molar-refractivity contribution in [2.75, 3.05) is 12.4 Å². The molecule has 0 bridgehead atoms. The minimum absolute atomic E-state index is 0.559. The first-order valence-corrected chi connectivity index (χ1v) is 9.46. The molecule has 0 heterocycles. The van der Waals surface area contributed by atoms with Crippen LogP contribution in [-0.4, -0.2) is 12.4 Å². The smallest absolute Gasteiger partial charge is 0.133 e. The van der Waals surface area contributed by atoms with Gasteiger partial charge >= 0.3 is 0 Å². The van der Waals surface area contributed by atoms with Gasteiger partial charge < -0.3 is 4.74 Å². The zero-order valence-electron chi connectivity index (χ0n) is 11.8. The van der Waals surface area contributed by atoms with Crippen LogP contribution < -0.4 is 4.74 Å². The molecule has 0 saturated carbocycles. The van der Waals surface area contributed by atoms with Gasteiger partial charge in [-0.2, -0.15) is 0 Å². The molecular formula is C17H17Br3O. The van der Waals surface area contributed by atoms with E-state index in [1.807, 2.05) is 6.07 Å². The minimum Gasteiger partial charge on any atom is -0.496 e. The maximum atomic E-state index is 5.28. The van der Waals surface area contributed by atoms with Crippen molar-refractivity contribution < 1.29 is 4.74 Å². The Morgan fingerprint density at radius 2 is 1.76 bits per heavy atom. The monoisotopic (exact) mass is 474 g/mol. The first kappa shape index (κ1) is 17.0. The van der Waals surface area contributed by atoms with Gasteiger partial charge in [0.25, 0.3) is 0 Å². The van der Waals surface area contributed by atoms with Crippen molar-refractivity contribution in [3.63, 3.8) is 0 Å². The summed E-state index contributed by atoms with van der Waals surface area (Å²) in [7, 11) is 1.69. The lowest BCUT2D eigenvalue weighted by Crippen LogP contribution is -2.10. The molecule has 2 aromatic carbocycles. The van der Waals surface area contributed by atoms with Crippen LogP contribution in [-0.2, 0) is 12.8 Å². The molecule has 0 aliphatic carbocycles. The van der Waals surface area contributed by atoms with Gasteiger partial charge in [0.1, 0.15) is 5.75 Å². The second-order valence-corrected chi connectivity index (χ2v) is 7.35. The van der Waals surface area contributed by atoms with Crippen molar-refractivity contribution in [3.05, 3.63) is 62.5 Å². The SMILES string of the molecule is COc1ccc(CC(CBr)Cc2ccccc2Br)cc1Br. The van der Waals surface area contributed by atoms with Crippen LogP contribution in [0.5, 0.6) is 5.75 Å². The lowest BCUT2D eigenvalue weighted by molar-refractivity contribution is 0.412. The zero-order valence-corrected chi connectivity index (χ0v) is 16.5. The highest BCUT2D eigenvalue weighted by Crippen LogP contribution is 2.28. The number of hydrogen-bond acceptors (Lipinski definition) is 1. The summed E-state index contributed by atoms with van der Waals surface area (Å²) in [5.41, 5.74) is 2.67. The summed E-state index contributed by atoms with van der Waals surface area (Å²) < 4.78 is 7.48. The fourth-order valence-corrected chi connectivity index (χ4v) is 3.82. The van der Waals surface area contributed by atoms with Gasteiger partial charge in [-0.05, 0) is 64.0 Å². The molecule has 0 spiro atoms. The van der Waals surface area contributed by atoms with Gasteiger partial charge in [-0.25, -0.2) is 0 Å². The quantitative estimate of drug-likeness (QED) is 0.463. The average Bonchev–Trinajstić information content (AvgIpc) is 2.49. The van der Waals surface area contributed by atoms with Crippen LogP contribution in [0.4, 0.5) is 0 Å². The van der Waals surface area contributed by atoms with E-state index in [2.05, 4.69) is 84.2 Å². The molecule has 21 heavy (non-hydrogen) atoms. The van der Waals surface area contributed by atoms with Crippen LogP contribution >= 0.6 is 47.8 Å². The molecule has 1 unspecified atom stereocenters. The van der Waals surface area contributed by atoms with E-state index in [9.17, 15) is 0 Å². The predicted octanol–water partition coefficient (Wildman–Crippen LogP) is 6.02. The zero-order chi connectivity index (χ0) is 15.2. The summed E-state index contributed by atoms with van der Waals surface area (Å²) in [6, 6.07) is 14.7. The van der Waals surface area contributed by atoms with E-state index in [0.29, 0.717) is 5.92 Å². The highest BCUT2D eigenvalue weighted by molar-refractivity contribution is 9.11. The average molecular weight is 477 g/mol. The third-order valence-corrected chi connectivity index (χ3v) is 5.73. The Morgan fingerprint density at radius 1 is 1.00 bits per heavy atom. The molecule has 1 atom stereocenters. The molecule has 0 fully saturated rings. The number of benzene rings is 2. The van der Waals surface area contributed by atoms with Gasteiger partial charge in [0.2, 0.25) is 0 Å². The fraction of sp³-hybridized carbons (Fsp3) is 0.294. The summed E-state index contributed by atoms with van der Waals surface area (Å²) in [6.07, 6.45) is 2.09. The summed E-state index contributed by atoms with van der Waals surface area (Å²) in [4.78, 5) is 0. The van der Waals surface area contributed by atoms with E-state index in [4.69, 9.17) is 4.74 Å². The Hall–Kier alpha value is -0.320. The summed E-state index contributed by atoms with van der Waals surface area (Å²) in [5.74, 6) is 1.43. The van der Waals surface area contributed by atoms with Crippen molar-refractivity contribution in [2.45, 2.75) is 12.8 Å². The van der Waals surface area contributed by atoms with E-state index in [1.54, 1.807) is 7.11 Å². The van der Waals surface area contributed by atoms with Gasteiger partial charge in [-0.3, -0.25) is 0 Å². The number of rotatable bonds is 6. The Balaban J connectivity index is 2.09. The molecule has 1 nitrogen and oxygen atoms in total. The first-order valence-electron chi connectivity index (χ1n) is 6.75. The van der Waals surface area contributed by atoms with Crippen LogP contribution in [0.1, 0.15) is 11.1 Å². The van der Waals surface area contributed by atoms with Crippen molar-refractivity contribution in [2.24, 2.45) is 5.92 Å². The van der Waals surface area contributed by atoms with Crippen molar-refractivity contribution in [1.29, 1.82) is 0 Å². The number of alkyl halides is 1. The summed E-state index contributed by atoms with van der Waals surface area (Å²) in [6.45, 7) is 0. The molecule has 0 amide bonds. The molecular weight excluding hydrogens is 460 g/mol. The van der Waals surface area contributed by atoms with E-state index in [-0.39, 0.29) is 0 Å². The topological polar surface area (TPSA) is 9.23 Å². The fourth-order valence-electron chi connectivity index (χ4n) is 2.33. The molecule has 0 aliphatic heterocycles. The van der Waals surface area contributed by atoms with Gasteiger partial charge in [0.15, 0.2) is 0 Å². The van der Waals surface area contributed by atoms with Crippen molar-refractivity contribution in [3.8, 4) is 5.75 Å². The highest BCUT2D eigenvalue weighted by Gasteiger charge is 2.12. The Morgan fingerprint density at radius 3 is 2.38 bits per heavy atom. The van der Waals surface area contributed by atoms with Gasteiger partial charge in [-0.15, -0.1) is 0 Å². The molecule has 4 heteroatoms.